The molecule has 0 aliphatic carbocycles. The van der Waals surface area contributed by atoms with Gasteiger partial charge in [-0.25, -0.2) is 19.0 Å². The van der Waals surface area contributed by atoms with Gasteiger partial charge < -0.3 is 9.84 Å². The predicted octanol–water partition coefficient (Wildman–Crippen LogP) is 2.91. The van der Waals surface area contributed by atoms with Crippen LogP contribution < -0.4 is 4.74 Å². The number of benzene rings is 1. The molecule has 27 heavy (non-hydrogen) atoms. The molecule has 0 aliphatic heterocycles. The van der Waals surface area contributed by atoms with E-state index in [0.717, 1.165) is 16.8 Å². The van der Waals surface area contributed by atoms with Gasteiger partial charge in [-0.3, -0.25) is 0 Å². The van der Waals surface area contributed by atoms with Gasteiger partial charge >= 0.3 is 5.97 Å². The fraction of sp³-hybridized carbons (Fsp3) is 0.158. The van der Waals surface area contributed by atoms with Crippen LogP contribution in [0.25, 0.3) is 22.5 Å². The van der Waals surface area contributed by atoms with E-state index in [1.807, 2.05) is 37.4 Å². The summed E-state index contributed by atoms with van der Waals surface area (Å²) in [6.07, 6.45) is 3.55. The monoisotopic (exact) mass is 363 g/mol. The van der Waals surface area contributed by atoms with Gasteiger partial charge in [-0.2, -0.15) is 10.2 Å². The number of aromatic carboxylic acids is 1. The van der Waals surface area contributed by atoms with Crippen molar-refractivity contribution in [1.29, 1.82) is 0 Å². The quantitative estimate of drug-likeness (QED) is 0.599. The van der Waals surface area contributed by atoms with E-state index in [0.29, 0.717) is 22.8 Å². The maximum atomic E-state index is 11.6. The fourth-order valence-electron chi connectivity index (χ4n) is 3.16. The zero-order chi connectivity index (χ0) is 19.1. The van der Waals surface area contributed by atoms with E-state index in [1.165, 1.54) is 10.6 Å². The van der Waals surface area contributed by atoms with Crippen LogP contribution in [0.3, 0.4) is 0 Å². The second-order valence-corrected chi connectivity index (χ2v) is 6.12. The lowest BCUT2D eigenvalue weighted by Crippen LogP contribution is -2.08. The molecule has 8 heteroatoms. The Kier molecular flexibility index (Phi) is 3.88. The maximum Gasteiger partial charge on any atom is 0.354 e. The van der Waals surface area contributed by atoms with Crippen LogP contribution >= 0.6 is 0 Å². The molecule has 136 valence electrons. The van der Waals surface area contributed by atoms with Crippen LogP contribution in [-0.2, 0) is 0 Å². The van der Waals surface area contributed by atoms with Crippen LogP contribution in [0, 0.1) is 13.8 Å². The fourth-order valence-corrected chi connectivity index (χ4v) is 3.16. The first-order valence-corrected chi connectivity index (χ1v) is 8.28. The third-order valence-electron chi connectivity index (χ3n) is 4.33. The first-order valence-electron chi connectivity index (χ1n) is 8.28. The molecule has 3 heterocycles. The van der Waals surface area contributed by atoms with Crippen molar-refractivity contribution in [3.63, 3.8) is 0 Å². The van der Waals surface area contributed by atoms with E-state index in [4.69, 9.17) is 4.74 Å². The Balaban J connectivity index is 1.97. The number of ether oxygens (including phenoxy) is 1. The normalized spacial score (nSPS) is 11.1. The van der Waals surface area contributed by atoms with Crippen molar-refractivity contribution in [2.45, 2.75) is 13.8 Å². The highest BCUT2D eigenvalue weighted by Gasteiger charge is 2.21. The summed E-state index contributed by atoms with van der Waals surface area (Å²) in [6.45, 7) is 3.59. The van der Waals surface area contributed by atoms with Gasteiger partial charge in [0, 0.05) is 29.7 Å². The van der Waals surface area contributed by atoms with Crippen LogP contribution in [0.2, 0.25) is 0 Å². The smallest absolute Gasteiger partial charge is 0.354 e. The standard InChI is InChI=1S/C19H17N5O3/c1-11-9-15(19(25)26)24-18(21-11)17(12(2)22-24)14-6-5-13(10-16(14)27-3)23-8-4-7-20-23/h4-10H,1-3H3,(H,25,26). The van der Waals surface area contributed by atoms with Crippen molar-refractivity contribution in [3.8, 4) is 22.6 Å². The summed E-state index contributed by atoms with van der Waals surface area (Å²) in [5.41, 5.74) is 4.20. The molecule has 0 spiro atoms. The lowest BCUT2D eigenvalue weighted by atomic mass is 10.0. The van der Waals surface area contributed by atoms with Crippen LogP contribution in [0.4, 0.5) is 0 Å². The molecule has 8 nitrogen and oxygen atoms in total. The molecule has 0 aliphatic rings. The average Bonchev–Trinajstić information content (AvgIpc) is 3.28. The summed E-state index contributed by atoms with van der Waals surface area (Å²) in [5.74, 6) is -0.429. The molecule has 0 radical (unpaired) electrons. The molecule has 0 unspecified atom stereocenters. The van der Waals surface area contributed by atoms with Gasteiger partial charge in [0.1, 0.15) is 5.75 Å². The molecule has 4 aromatic rings. The number of fused-ring (bicyclic) bond motifs is 1. The summed E-state index contributed by atoms with van der Waals surface area (Å²) in [6, 6.07) is 9.05. The Morgan fingerprint density at radius 2 is 2.04 bits per heavy atom. The van der Waals surface area contributed by atoms with Crippen LogP contribution in [-0.4, -0.2) is 42.6 Å². The summed E-state index contributed by atoms with van der Waals surface area (Å²) in [4.78, 5) is 16.1. The first-order chi connectivity index (χ1) is 13.0. The first kappa shape index (κ1) is 16.8. The molecule has 0 fully saturated rings. The van der Waals surface area contributed by atoms with Gasteiger partial charge in [-0.15, -0.1) is 0 Å². The molecule has 3 aromatic heterocycles. The van der Waals surface area contributed by atoms with Crippen LogP contribution in [0.5, 0.6) is 5.75 Å². The highest BCUT2D eigenvalue weighted by molar-refractivity contribution is 5.90. The maximum absolute atomic E-state index is 11.6. The van der Waals surface area contributed by atoms with Gasteiger partial charge in [-0.1, -0.05) is 0 Å². The molecule has 1 aromatic carbocycles. The number of methoxy groups -OCH3 is 1. The van der Waals surface area contributed by atoms with Crippen molar-refractivity contribution in [1.82, 2.24) is 24.4 Å². The van der Waals surface area contributed by atoms with Crippen molar-refractivity contribution in [2.75, 3.05) is 7.11 Å². The number of nitrogens with zero attached hydrogens (tertiary/aromatic N) is 5. The van der Waals surface area contributed by atoms with Crippen molar-refractivity contribution in [2.24, 2.45) is 0 Å². The highest BCUT2D eigenvalue weighted by atomic mass is 16.5. The lowest BCUT2D eigenvalue weighted by Gasteiger charge is -2.11. The molecule has 1 N–H and O–H groups in total. The van der Waals surface area contributed by atoms with Gasteiger partial charge in [0.2, 0.25) is 0 Å². The largest absolute Gasteiger partial charge is 0.496 e. The zero-order valence-electron chi connectivity index (χ0n) is 15.0. The Hall–Kier alpha value is -3.68. The van der Waals surface area contributed by atoms with E-state index in [-0.39, 0.29) is 5.69 Å². The Morgan fingerprint density at radius 1 is 1.22 bits per heavy atom. The number of aromatic nitrogens is 5. The molecule has 0 amide bonds. The number of hydrogen-bond donors (Lipinski definition) is 1. The SMILES string of the molecule is COc1cc(-n2cccn2)ccc1-c1c(C)nn2c(C(=O)O)cc(C)nc12. The van der Waals surface area contributed by atoms with Crippen LogP contribution in [0.1, 0.15) is 21.9 Å². The van der Waals surface area contributed by atoms with Crippen molar-refractivity contribution < 1.29 is 14.6 Å². The molecular weight excluding hydrogens is 346 g/mol. The molecule has 0 saturated carbocycles. The Labute approximate surface area is 154 Å². The van der Waals surface area contributed by atoms with Gasteiger partial charge in [0.15, 0.2) is 11.3 Å². The molecular formula is C19H17N5O3. The van der Waals surface area contributed by atoms with E-state index in [9.17, 15) is 9.90 Å². The summed E-state index contributed by atoms with van der Waals surface area (Å²) < 4.78 is 8.70. The number of aryl methyl sites for hydroxylation is 2. The van der Waals surface area contributed by atoms with E-state index in [1.54, 1.807) is 24.9 Å². The van der Waals surface area contributed by atoms with Crippen molar-refractivity contribution in [3.05, 3.63) is 59.8 Å². The second kappa shape index (κ2) is 6.24. The van der Waals surface area contributed by atoms with E-state index in [2.05, 4.69) is 15.2 Å². The minimum atomic E-state index is -1.06. The zero-order valence-corrected chi connectivity index (χ0v) is 15.0. The summed E-state index contributed by atoms with van der Waals surface area (Å²) in [5, 5.41) is 18.1. The predicted molar refractivity (Wildman–Crippen MR) is 98.5 cm³/mol. The average molecular weight is 363 g/mol. The summed E-state index contributed by atoms with van der Waals surface area (Å²) >= 11 is 0. The summed E-state index contributed by atoms with van der Waals surface area (Å²) in [7, 11) is 1.59. The number of carbonyl (C=O) groups is 1. The highest BCUT2D eigenvalue weighted by Crippen LogP contribution is 2.36. The molecule has 0 atom stereocenters. The second-order valence-electron chi connectivity index (χ2n) is 6.12. The Bertz CT molecular complexity index is 1160. The third-order valence-corrected chi connectivity index (χ3v) is 4.33. The number of carboxylic acid groups (broad SMARTS) is 1. The number of rotatable bonds is 4. The van der Waals surface area contributed by atoms with Crippen LogP contribution in [0.15, 0.2) is 42.7 Å². The van der Waals surface area contributed by atoms with E-state index >= 15 is 0 Å². The topological polar surface area (TPSA) is 94.5 Å². The molecule has 0 saturated heterocycles. The molecule has 4 rings (SSSR count). The van der Waals surface area contributed by atoms with Crippen molar-refractivity contribution >= 4 is 11.6 Å². The minimum Gasteiger partial charge on any atom is -0.496 e. The van der Waals surface area contributed by atoms with E-state index < -0.39 is 5.97 Å². The van der Waals surface area contributed by atoms with Gasteiger partial charge in [0.25, 0.3) is 0 Å². The third kappa shape index (κ3) is 2.71. The van der Waals surface area contributed by atoms with Gasteiger partial charge in [-0.05, 0) is 38.1 Å². The lowest BCUT2D eigenvalue weighted by molar-refractivity contribution is 0.0687. The number of hydrogen-bond acceptors (Lipinski definition) is 5. The van der Waals surface area contributed by atoms with Gasteiger partial charge in [0.05, 0.1) is 24.1 Å². The minimum absolute atomic E-state index is 0.0685. The Morgan fingerprint density at radius 3 is 2.70 bits per heavy atom. The molecule has 0 bridgehead atoms. The number of carboxylic acids is 1.